The van der Waals surface area contributed by atoms with Gasteiger partial charge in [-0.15, -0.1) is 0 Å². The Bertz CT molecular complexity index is 794. The zero-order valence-corrected chi connectivity index (χ0v) is 19.0. The van der Waals surface area contributed by atoms with Crippen LogP contribution in [0.5, 0.6) is 5.75 Å². The Morgan fingerprint density at radius 3 is 2.45 bits per heavy atom. The Labute approximate surface area is 184 Å². The summed E-state index contributed by atoms with van der Waals surface area (Å²) in [6.45, 7) is 9.67. The van der Waals surface area contributed by atoms with Crippen LogP contribution >= 0.6 is 0 Å². The number of carbonyl (C=O) groups excluding carboxylic acids is 1. The summed E-state index contributed by atoms with van der Waals surface area (Å²) >= 11 is 0. The molecule has 1 aliphatic heterocycles. The largest absolute Gasteiger partial charge is 0.497 e. The van der Waals surface area contributed by atoms with Crippen molar-refractivity contribution in [1.82, 2.24) is 20.4 Å². The fraction of sp³-hybridized carbons (Fsp3) is 0.609. The van der Waals surface area contributed by atoms with Crippen molar-refractivity contribution in [2.45, 2.75) is 39.5 Å². The van der Waals surface area contributed by atoms with Crippen molar-refractivity contribution >= 4 is 11.9 Å². The number of piperidine rings is 1. The van der Waals surface area contributed by atoms with Gasteiger partial charge >= 0.3 is 6.01 Å². The molecule has 31 heavy (non-hydrogen) atoms. The predicted molar refractivity (Wildman–Crippen MR) is 121 cm³/mol. The Morgan fingerprint density at radius 2 is 1.84 bits per heavy atom. The van der Waals surface area contributed by atoms with E-state index in [2.05, 4.69) is 39.1 Å². The van der Waals surface area contributed by atoms with Crippen LogP contribution in [0, 0.1) is 5.92 Å². The summed E-state index contributed by atoms with van der Waals surface area (Å²) in [5, 5.41) is 7.23. The van der Waals surface area contributed by atoms with Crippen LogP contribution < -0.4 is 15.0 Å². The molecule has 170 valence electrons. The third-order valence-electron chi connectivity index (χ3n) is 5.71. The van der Waals surface area contributed by atoms with Crippen LogP contribution in [0.3, 0.4) is 0 Å². The number of anilines is 1. The van der Waals surface area contributed by atoms with Crippen LogP contribution in [-0.4, -0.2) is 67.3 Å². The Hall–Kier alpha value is -2.61. The smallest absolute Gasteiger partial charge is 0.324 e. The molecule has 8 nitrogen and oxygen atoms in total. The molecule has 1 amide bonds. The molecule has 1 N–H and O–H groups in total. The van der Waals surface area contributed by atoms with E-state index in [4.69, 9.17) is 9.26 Å². The minimum atomic E-state index is 0.0473. The Balaban J connectivity index is 1.45. The molecule has 1 aromatic carbocycles. The number of rotatable bonds is 11. The van der Waals surface area contributed by atoms with Gasteiger partial charge in [0.15, 0.2) is 0 Å². The second-order valence-electron chi connectivity index (χ2n) is 8.02. The monoisotopic (exact) mass is 429 g/mol. The molecule has 0 radical (unpaired) electrons. The summed E-state index contributed by atoms with van der Waals surface area (Å²) in [5.74, 6) is 1.56. The molecule has 0 bridgehead atoms. The first-order chi connectivity index (χ1) is 15.1. The molecule has 1 saturated heterocycles. The van der Waals surface area contributed by atoms with Crippen LogP contribution in [0.2, 0.25) is 0 Å². The van der Waals surface area contributed by atoms with E-state index in [0.717, 1.165) is 69.7 Å². The van der Waals surface area contributed by atoms with E-state index in [1.54, 1.807) is 7.11 Å². The predicted octanol–water partition coefficient (Wildman–Crippen LogP) is 3.20. The minimum absolute atomic E-state index is 0.0473. The lowest BCUT2D eigenvalue weighted by Gasteiger charge is -2.30. The maximum absolute atomic E-state index is 12.6. The first-order valence-corrected chi connectivity index (χ1v) is 11.4. The Kier molecular flexibility index (Phi) is 8.70. The molecule has 0 unspecified atom stereocenters. The second-order valence-corrected chi connectivity index (χ2v) is 8.02. The average molecular weight is 430 g/mol. The van der Waals surface area contributed by atoms with Crippen molar-refractivity contribution in [1.29, 1.82) is 0 Å². The first kappa shape index (κ1) is 23.1. The number of aromatic nitrogens is 2. The summed E-state index contributed by atoms with van der Waals surface area (Å²) in [6, 6.07) is 8.08. The minimum Gasteiger partial charge on any atom is -0.497 e. The zero-order chi connectivity index (χ0) is 22.1. The number of carbonyl (C=O) groups is 1. The molecule has 8 heteroatoms. The van der Waals surface area contributed by atoms with Crippen molar-refractivity contribution in [3.8, 4) is 17.1 Å². The van der Waals surface area contributed by atoms with Crippen LogP contribution in [0.25, 0.3) is 11.4 Å². The fourth-order valence-electron chi connectivity index (χ4n) is 3.98. The molecule has 0 aliphatic carbocycles. The van der Waals surface area contributed by atoms with Crippen LogP contribution in [0.4, 0.5) is 6.01 Å². The lowest BCUT2D eigenvalue weighted by molar-refractivity contribution is -0.125. The molecule has 0 atom stereocenters. The zero-order valence-electron chi connectivity index (χ0n) is 19.0. The standard InChI is InChI=1S/C23H35N5O3/c1-4-13-27(14-5-2)17-12-24-22(29)19-10-15-28(16-11-19)23-25-21(26-31-23)18-6-8-20(30-3)9-7-18/h6-9,19H,4-5,10-17H2,1-3H3,(H,24,29). The third kappa shape index (κ3) is 6.43. The van der Waals surface area contributed by atoms with Gasteiger partial charge in [0.25, 0.3) is 0 Å². The lowest BCUT2D eigenvalue weighted by Crippen LogP contribution is -2.43. The number of hydrogen-bond acceptors (Lipinski definition) is 7. The first-order valence-electron chi connectivity index (χ1n) is 11.4. The van der Waals surface area contributed by atoms with Gasteiger partial charge in [-0.3, -0.25) is 4.79 Å². The van der Waals surface area contributed by atoms with Gasteiger partial charge in [0, 0.05) is 37.7 Å². The van der Waals surface area contributed by atoms with Crippen molar-refractivity contribution in [3.05, 3.63) is 24.3 Å². The highest BCUT2D eigenvalue weighted by atomic mass is 16.5. The molecule has 1 aromatic heterocycles. The molecular formula is C23H35N5O3. The van der Waals surface area contributed by atoms with Gasteiger partial charge in [-0.25, -0.2) is 0 Å². The van der Waals surface area contributed by atoms with E-state index in [-0.39, 0.29) is 11.8 Å². The average Bonchev–Trinajstić information content (AvgIpc) is 3.30. The number of amides is 1. The number of hydrogen-bond donors (Lipinski definition) is 1. The van der Waals surface area contributed by atoms with Gasteiger partial charge in [-0.05, 0) is 63.0 Å². The molecule has 0 spiro atoms. The molecule has 1 fully saturated rings. The second kappa shape index (κ2) is 11.7. The van der Waals surface area contributed by atoms with Crippen molar-refractivity contribution < 1.29 is 14.1 Å². The van der Waals surface area contributed by atoms with E-state index in [1.807, 2.05) is 24.3 Å². The van der Waals surface area contributed by atoms with Crippen molar-refractivity contribution in [2.75, 3.05) is 51.3 Å². The lowest BCUT2D eigenvalue weighted by atomic mass is 9.96. The number of nitrogens with zero attached hydrogens (tertiary/aromatic N) is 4. The maximum atomic E-state index is 12.6. The quantitative estimate of drug-likeness (QED) is 0.587. The van der Waals surface area contributed by atoms with E-state index in [9.17, 15) is 4.79 Å². The van der Waals surface area contributed by atoms with E-state index in [1.165, 1.54) is 0 Å². The SMILES string of the molecule is CCCN(CCC)CCNC(=O)C1CCN(c2nc(-c3ccc(OC)cc3)no2)CC1. The molecule has 2 heterocycles. The number of ether oxygens (including phenoxy) is 1. The van der Waals surface area contributed by atoms with Crippen molar-refractivity contribution in [3.63, 3.8) is 0 Å². The summed E-state index contributed by atoms with van der Waals surface area (Å²) in [7, 11) is 1.64. The van der Waals surface area contributed by atoms with E-state index >= 15 is 0 Å². The van der Waals surface area contributed by atoms with E-state index in [0.29, 0.717) is 18.4 Å². The maximum Gasteiger partial charge on any atom is 0.324 e. The number of methoxy groups -OCH3 is 1. The molecular weight excluding hydrogens is 394 g/mol. The van der Waals surface area contributed by atoms with Gasteiger partial charge in [0.2, 0.25) is 11.7 Å². The summed E-state index contributed by atoms with van der Waals surface area (Å²) in [6.07, 6.45) is 3.87. The topological polar surface area (TPSA) is 83.7 Å². The summed E-state index contributed by atoms with van der Waals surface area (Å²) < 4.78 is 10.7. The van der Waals surface area contributed by atoms with Crippen LogP contribution in [0.1, 0.15) is 39.5 Å². The van der Waals surface area contributed by atoms with Gasteiger partial charge in [-0.1, -0.05) is 19.0 Å². The highest BCUT2D eigenvalue weighted by Gasteiger charge is 2.27. The highest BCUT2D eigenvalue weighted by Crippen LogP contribution is 2.25. The molecule has 2 aromatic rings. The van der Waals surface area contributed by atoms with Gasteiger partial charge in [0.05, 0.1) is 7.11 Å². The number of benzene rings is 1. The summed E-state index contributed by atoms with van der Waals surface area (Å²) in [5.41, 5.74) is 0.880. The molecule has 3 rings (SSSR count). The third-order valence-corrected chi connectivity index (χ3v) is 5.71. The normalized spacial score (nSPS) is 14.8. The molecule has 0 saturated carbocycles. The van der Waals surface area contributed by atoms with Crippen LogP contribution in [-0.2, 0) is 4.79 Å². The molecule has 1 aliphatic rings. The van der Waals surface area contributed by atoms with Crippen molar-refractivity contribution in [2.24, 2.45) is 5.92 Å². The fourth-order valence-corrected chi connectivity index (χ4v) is 3.98. The van der Waals surface area contributed by atoms with Gasteiger partial charge in [0.1, 0.15) is 5.75 Å². The van der Waals surface area contributed by atoms with Gasteiger partial charge in [-0.2, -0.15) is 4.98 Å². The number of nitrogens with one attached hydrogen (secondary N) is 1. The van der Waals surface area contributed by atoms with Crippen LogP contribution in [0.15, 0.2) is 28.8 Å². The van der Waals surface area contributed by atoms with Gasteiger partial charge < -0.3 is 24.4 Å². The highest BCUT2D eigenvalue weighted by molar-refractivity contribution is 5.78. The summed E-state index contributed by atoms with van der Waals surface area (Å²) in [4.78, 5) is 21.6. The van der Waals surface area contributed by atoms with E-state index < -0.39 is 0 Å². The Morgan fingerprint density at radius 1 is 1.16 bits per heavy atom.